The zero-order valence-electron chi connectivity index (χ0n) is 24.5. The summed E-state index contributed by atoms with van der Waals surface area (Å²) >= 11 is 0. The molecule has 0 amide bonds. The summed E-state index contributed by atoms with van der Waals surface area (Å²) in [6.45, 7) is 6.16. The van der Waals surface area contributed by atoms with Gasteiger partial charge < -0.3 is 25.2 Å². The number of hydroxylamine groups is 1. The molecule has 0 spiro atoms. The Balaban J connectivity index is 1.20. The number of phosphoric acid groups is 1. The van der Waals surface area contributed by atoms with Gasteiger partial charge in [-0.2, -0.15) is 0 Å². The zero-order chi connectivity index (χ0) is 32.5. The summed E-state index contributed by atoms with van der Waals surface area (Å²) in [5.41, 5.74) is 1.64. The van der Waals surface area contributed by atoms with Crippen molar-refractivity contribution in [1.29, 1.82) is 0 Å². The van der Waals surface area contributed by atoms with E-state index < -0.39 is 55.3 Å². The lowest BCUT2D eigenvalue weighted by Crippen LogP contribution is -2.42. The van der Waals surface area contributed by atoms with Crippen LogP contribution in [0.4, 0.5) is 11.5 Å². The average Bonchev–Trinajstić information content (AvgIpc) is 3.29. The van der Waals surface area contributed by atoms with Crippen LogP contribution >= 0.6 is 7.82 Å². The van der Waals surface area contributed by atoms with Gasteiger partial charge in [0.1, 0.15) is 17.9 Å². The maximum Gasteiger partial charge on any atom is 0.530 e. The third-order valence-electron chi connectivity index (χ3n) is 7.85. The number of nitrogens with two attached hydrogens (primary N) is 1. The van der Waals surface area contributed by atoms with Crippen LogP contribution in [0.3, 0.4) is 0 Å². The number of phosphoric ester groups is 1. The number of aliphatic hydroxyl groups is 2. The molecule has 2 aromatic heterocycles. The highest BCUT2D eigenvalue weighted by molar-refractivity contribution is 7.48. The monoisotopic (exact) mass is 642 g/mol. The second kappa shape index (κ2) is 10.8. The SMILES string of the molecule is CC(C)ON(c1cccc2ccccc12)[C@@H](C)C(=O)OP(=O)(O)O[C@@H](C)[C@H]1O[C@@H](n2cnc3c(N)ncnc32)[C@@]2(O)C(=O)[C@@]12O. The molecule has 45 heavy (non-hydrogen) atoms. The number of nitrogens with zero attached hydrogens (tertiary/aromatic N) is 5. The molecule has 7 atom stereocenters. The normalized spacial score (nSPS) is 26.9. The van der Waals surface area contributed by atoms with Gasteiger partial charge in [-0.05, 0) is 39.1 Å². The zero-order valence-corrected chi connectivity index (χ0v) is 25.4. The highest BCUT2D eigenvalue weighted by atomic mass is 31.2. The van der Waals surface area contributed by atoms with Crippen molar-refractivity contribution < 1.29 is 47.9 Å². The van der Waals surface area contributed by atoms with Gasteiger partial charge in [-0.15, -0.1) is 0 Å². The molecule has 2 fully saturated rings. The van der Waals surface area contributed by atoms with E-state index in [1.54, 1.807) is 26.0 Å². The molecule has 0 radical (unpaired) electrons. The minimum atomic E-state index is -5.20. The second-order valence-electron chi connectivity index (χ2n) is 11.2. The molecular weight excluding hydrogens is 611 g/mol. The Morgan fingerprint density at radius 3 is 2.53 bits per heavy atom. The lowest BCUT2D eigenvalue weighted by Gasteiger charge is -2.32. The smallest absolute Gasteiger partial charge is 0.382 e. The fraction of sp³-hybridized carbons (Fsp3) is 0.393. The average molecular weight is 643 g/mol. The van der Waals surface area contributed by atoms with Crippen molar-refractivity contribution in [2.45, 2.75) is 69.5 Å². The quantitative estimate of drug-likeness (QED) is 0.143. The number of aromatic nitrogens is 4. The molecule has 0 bridgehead atoms. The van der Waals surface area contributed by atoms with Crippen LogP contribution in [0.15, 0.2) is 55.1 Å². The molecule has 16 nitrogen and oxygen atoms in total. The van der Waals surface area contributed by atoms with Crippen molar-refractivity contribution >= 4 is 53.0 Å². The summed E-state index contributed by atoms with van der Waals surface area (Å²) in [7, 11) is -5.20. The van der Waals surface area contributed by atoms with Crippen LogP contribution in [-0.4, -0.2) is 81.9 Å². The molecule has 4 aromatic rings. The number of benzene rings is 2. The van der Waals surface area contributed by atoms with Crippen molar-refractivity contribution in [3.63, 3.8) is 0 Å². The van der Waals surface area contributed by atoms with Crippen molar-refractivity contribution in [3.05, 3.63) is 55.1 Å². The van der Waals surface area contributed by atoms with Gasteiger partial charge in [0.2, 0.25) is 11.4 Å². The summed E-state index contributed by atoms with van der Waals surface area (Å²) in [4.78, 5) is 54.6. The van der Waals surface area contributed by atoms with Crippen molar-refractivity contribution in [2.75, 3.05) is 10.8 Å². The molecule has 6 rings (SSSR count). The fourth-order valence-electron chi connectivity index (χ4n) is 5.69. The van der Waals surface area contributed by atoms with Crippen LogP contribution in [0, 0.1) is 0 Å². The molecule has 1 saturated heterocycles. The van der Waals surface area contributed by atoms with Gasteiger partial charge in [0, 0.05) is 5.39 Å². The highest BCUT2D eigenvalue weighted by Gasteiger charge is 2.90. The summed E-state index contributed by atoms with van der Waals surface area (Å²) in [5, 5.41) is 25.3. The van der Waals surface area contributed by atoms with E-state index in [1.165, 1.54) is 29.8 Å². The van der Waals surface area contributed by atoms with Crippen LogP contribution in [0.1, 0.15) is 33.9 Å². The van der Waals surface area contributed by atoms with Crippen molar-refractivity contribution in [3.8, 4) is 0 Å². The minimum absolute atomic E-state index is 0.0319. The largest absolute Gasteiger partial charge is 0.530 e. The summed E-state index contributed by atoms with van der Waals surface area (Å²) < 4.78 is 30.2. The molecule has 5 N–H and O–H groups in total. The van der Waals surface area contributed by atoms with Crippen molar-refractivity contribution in [1.82, 2.24) is 19.5 Å². The van der Waals surface area contributed by atoms with E-state index in [4.69, 9.17) is 24.4 Å². The lowest BCUT2D eigenvalue weighted by atomic mass is 10.1. The number of hydrogen-bond acceptors (Lipinski definition) is 14. The Labute approximate surface area is 255 Å². The first kappa shape index (κ1) is 31.0. The highest BCUT2D eigenvalue weighted by Crippen LogP contribution is 2.62. The third-order valence-corrected chi connectivity index (χ3v) is 8.86. The number of anilines is 2. The molecule has 2 aliphatic rings. The molecule has 17 heteroatoms. The van der Waals surface area contributed by atoms with Gasteiger partial charge >= 0.3 is 13.8 Å². The molecule has 3 heterocycles. The topological polar surface area (TPSA) is 222 Å². The molecule has 1 saturated carbocycles. The summed E-state index contributed by atoms with van der Waals surface area (Å²) in [5.74, 6) is -2.14. The number of ether oxygens (including phenoxy) is 1. The van der Waals surface area contributed by atoms with Gasteiger partial charge in [-0.3, -0.25) is 23.6 Å². The number of nitrogen functional groups attached to an aromatic ring is 1. The summed E-state index contributed by atoms with van der Waals surface area (Å²) in [6, 6.07) is 11.6. The number of Topliss-reactive ketones (excluding diaryl/α,β-unsaturated/α-hetero) is 1. The molecular formula is C28H31N6O10P. The molecule has 238 valence electrons. The van der Waals surface area contributed by atoms with E-state index in [2.05, 4.69) is 15.0 Å². The first-order valence-electron chi connectivity index (χ1n) is 14.0. The van der Waals surface area contributed by atoms with Crippen LogP contribution in [0.25, 0.3) is 21.9 Å². The predicted molar refractivity (Wildman–Crippen MR) is 157 cm³/mol. The number of hydrogen-bond donors (Lipinski definition) is 4. The Bertz CT molecular complexity index is 1860. The van der Waals surface area contributed by atoms with Gasteiger partial charge in [0.05, 0.1) is 24.2 Å². The Kier molecular flexibility index (Phi) is 7.44. The molecule has 1 aliphatic heterocycles. The van der Waals surface area contributed by atoms with Crippen LogP contribution in [-0.2, 0) is 32.8 Å². The van der Waals surface area contributed by atoms with E-state index in [-0.39, 0.29) is 23.1 Å². The van der Waals surface area contributed by atoms with Gasteiger partial charge in [-0.25, -0.2) is 29.4 Å². The van der Waals surface area contributed by atoms with E-state index in [0.717, 1.165) is 17.1 Å². The van der Waals surface area contributed by atoms with E-state index in [0.29, 0.717) is 5.69 Å². The van der Waals surface area contributed by atoms with E-state index >= 15 is 0 Å². The second-order valence-corrected chi connectivity index (χ2v) is 12.5. The van der Waals surface area contributed by atoms with Crippen molar-refractivity contribution in [2.24, 2.45) is 0 Å². The van der Waals surface area contributed by atoms with Crippen LogP contribution in [0.5, 0.6) is 0 Å². The maximum atomic E-state index is 13.2. The minimum Gasteiger partial charge on any atom is -0.382 e. The molecule has 1 aliphatic carbocycles. The standard InChI is InChI=1S/C28H31N6O10P/c1-14(2)42-34(19-11-7-9-17-8-5-6-10-18(17)19)15(3)24(35)44-45(39,40)43-16(4)21-27(37)25(36)28(27,38)26(41-21)33-13-32-20-22(29)30-12-31-23(20)33/h5-16,21,26,37-38H,1-4H3,(H,39,40)(H2,29,30,31)/t15-,16-,21+,26+,27-,28-/m0/s1. The third kappa shape index (κ3) is 4.86. The lowest BCUT2D eigenvalue weighted by molar-refractivity contribution is -0.149. The number of carbonyl (C=O) groups excluding carboxylic acids is 2. The maximum absolute atomic E-state index is 13.2. The summed E-state index contributed by atoms with van der Waals surface area (Å²) in [6.07, 6.45) is -2.80. The Hall–Kier alpha value is -4.02. The van der Waals surface area contributed by atoms with Crippen LogP contribution in [0.2, 0.25) is 0 Å². The fourth-order valence-corrected chi connectivity index (χ4v) is 6.64. The number of fused-ring (bicyclic) bond motifs is 3. The van der Waals surface area contributed by atoms with E-state index in [9.17, 15) is 29.3 Å². The first-order valence-corrected chi connectivity index (χ1v) is 15.5. The Morgan fingerprint density at radius 2 is 1.80 bits per heavy atom. The molecule has 1 unspecified atom stereocenters. The van der Waals surface area contributed by atoms with Crippen LogP contribution < -0.4 is 10.8 Å². The number of carbonyl (C=O) groups is 2. The number of ketones is 1. The van der Waals surface area contributed by atoms with E-state index in [1.807, 2.05) is 30.3 Å². The first-order chi connectivity index (χ1) is 21.2. The molecule has 2 aromatic carbocycles. The van der Waals surface area contributed by atoms with Gasteiger partial charge in [0.15, 0.2) is 29.3 Å². The number of imidazole rings is 1. The van der Waals surface area contributed by atoms with Gasteiger partial charge in [0.25, 0.3) is 0 Å². The Morgan fingerprint density at radius 1 is 1.09 bits per heavy atom. The predicted octanol–water partition coefficient (Wildman–Crippen LogP) is 1.79. The van der Waals surface area contributed by atoms with Gasteiger partial charge in [-0.1, -0.05) is 36.4 Å². The number of rotatable bonds is 10.